The third kappa shape index (κ3) is 3.15. The highest BCUT2D eigenvalue weighted by Crippen LogP contribution is 2.23. The second-order valence-corrected chi connectivity index (χ2v) is 5.02. The lowest BCUT2D eigenvalue weighted by atomic mass is 9.96. The third-order valence-corrected chi connectivity index (χ3v) is 3.66. The number of nitrogens with one attached hydrogen (secondary N) is 1. The number of ether oxygens (including phenoxy) is 1. The lowest BCUT2D eigenvalue weighted by molar-refractivity contribution is -0.131. The Bertz CT molecular complexity index is 454. The third-order valence-electron chi connectivity index (χ3n) is 3.66. The maximum Gasteiger partial charge on any atom is 0.249 e. The van der Waals surface area contributed by atoms with Gasteiger partial charge in [-0.15, -0.1) is 0 Å². The van der Waals surface area contributed by atoms with Crippen LogP contribution in [0, 0.1) is 0 Å². The fourth-order valence-electron chi connectivity index (χ4n) is 2.61. The quantitative estimate of drug-likeness (QED) is 0.874. The van der Waals surface area contributed by atoms with Crippen LogP contribution in [0.1, 0.15) is 43.6 Å². The summed E-state index contributed by atoms with van der Waals surface area (Å²) in [6, 6.07) is 0. The topological polar surface area (TPSA) is 56.1 Å². The number of carbonyl (C=O) groups excluding carboxylic acids is 1. The van der Waals surface area contributed by atoms with Gasteiger partial charge in [0.2, 0.25) is 5.91 Å². The first-order valence-electron chi connectivity index (χ1n) is 7.06. The first kappa shape index (κ1) is 14.1. The van der Waals surface area contributed by atoms with E-state index in [-0.39, 0.29) is 5.91 Å². The first-order valence-corrected chi connectivity index (χ1v) is 7.06. The van der Waals surface area contributed by atoms with E-state index in [1.165, 1.54) is 24.1 Å². The lowest BCUT2D eigenvalue weighted by Crippen LogP contribution is -2.34. The predicted molar refractivity (Wildman–Crippen MR) is 72.8 cm³/mol. The second-order valence-electron chi connectivity index (χ2n) is 5.02. The number of rotatable bonds is 5. The molecule has 0 saturated carbocycles. The molecule has 5 heteroatoms. The minimum Gasteiger partial charge on any atom is -0.369 e. The van der Waals surface area contributed by atoms with E-state index in [1.807, 2.05) is 18.7 Å². The lowest BCUT2D eigenvalue weighted by Gasteiger charge is -2.14. The number of amides is 1. The molecule has 1 aromatic rings. The van der Waals surface area contributed by atoms with Gasteiger partial charge in [0, 0.05) is 13.7 Å². The number of hydrogen-bond donors (Lipinski definition) is 1. The predicted octanol–water partition coefficient (Wildman–Crippen LogP) is 1.34. The highest BCUT2D eigenvalue weighted by molar-refractivity contribution is 5.80. The first-order chi connectivity index (χ1) is 9.13. The van der Waals surface area contributed by atoms with Gasteiger partial charge in [0.1, 0.15) is 6.10 Å². The average Bonchev–Trinajstić information content (AvgIpc) is 2.72. The molecule has 1 aromatic heterocycles. The zero-order valence-electron chi connectivity index (χ0n) is 12.0. The molecule has 0 spiro atoms. The van der Waals surface area contributed by atoms with E-state index in [0.717, 1.165) is 18.5 Å². The molecular weight excluding hydrogens is 242 g/mol. The van der Waals surface area contributed by atoms with Crippen LogP contribution >= 0.6 is 0 Å². The molecule has 0 bridgehead atoms. The van der Waals surface area contributed by atoms with Crippen molar-refractivity contribution in [2.24, 2.45) is 7.05 Å². The van der Waals surface area contributed by atoms with Gasteiger partial charge in [0.15, 0.2) is 0 Å². The summed E-state index contributed by atoms with van der Waals surface area (Å²) in [7, 11) is 1.95. The molecule has 1 aliphatic rings. The number of hydrogen-bond acceptors (Lipinski definition) is 3. The van der Waals surface area contributed by atoms with Crippen LogP contribution in [0.4, 0.5) is 0 Å². The van der Waals surface area contributed by atoms with Crippen LogP contribution in [-0.2, 0) is 36.0 Å². The molecule has 1 amide bonds. The monoisotopic (exact) mass is 265 g/mol. The molecule has 2 rings (SSSR count). The fraction of sp³-hybridized carbons (Fsp3) is 0.714. The Morgan fingerprint density at radius 2 is 2.21 bits per heavy atom. The van der Waals surface area contributed by atoms with Gasteiger partial charge < -0.3 is 10.1 Å². The molecule has 106 valence electrons. The number of aromatic nitrogens is 2. The average molecular weight is 265 g/mol. The molecule has 0 unspecified atom stereocenters. The summed E-state index contributed by atoms with van der Waals surface area (Å²) in [6.07, 6.45) is 4.18. The standard InChI is InChI=1S/C14H23N3O2/c1-4-19-10(2)14(18)15-9-13-11-7-5-6-8-12(11)16-17(13)3/h10H,4-9H2,1-3H3,(H,15,18)/t10-/m0/s1. The Balaban J connectivity index is 2.00. The number of aryl methyl sites for hydroxylation is 2. The highest BCUT2D eigenvalue weighted by Gasteiger charge is 2.20. The van der Waals surface area contributed by atoms with E-state index in [4.69, 9.17) is 4.74 Å². The minimum absolute atomic E-state index is 0.0624. The van der Waals surface area contributed by atoms with Crippen molar-refractivity contribution in [1.82, 2.24) is 15.1 Å². The normalized spacial score (nSPS) is 15.9. The van der Waals surface area contributed by atoms with Gasteiger partial charge in [-0.25, -0.2) is 0 Å². The molecule has 19 heavy (non-hydrogen) atoms. The van der Waals surface area contributed by atoms with Crippen molar-refractivity contribution < 1.29 is 9.53 Å². The van der Waals surface area contributed by atoms with Gasteiger partial charge in [-0.1, -0.05) is 0 Å². The van der Waals surface area contributed by atoms with E-state index in [0.29, 0.717) is 13.2 Å². The summed E-state index contributed by atoms with van der Waals surface area (Å²) in [5.74, 6) is -0.0624. The van der Waals surface area contributed by atoms with Gasteiger partial charge >= 0.3 is 0 Å². The van der Waals surface area contributed by atoms with Crippen LogP contribution in [-0.4, -0.2) is 28.4 Å². The number of carbonyl (C=O) groups is 1. The molecular formula is C14H23N3O2. The molecule has 0 aliphatic heterocycles. The maximum atomic E-state index is 11.8. The van der Waals surface area contributed by atoms with Crippen LogP contribution in [0.15, 0.2) is 0 Å². The minimum atomic E-state index is -0.394. The van der Waals surface area contributed by atoms with E-state index < -0.39 is 6.10 Å². The summed E-state index contributed by atoms with van der Waals surface area (Å²) in [4.78, 5) is 11.8. The highest BCUT2D eigenvalue weighted by atomic mass is 16.5. The number of fused-ring (bicyclic) bond motifs is 1. The largest absolute Gasteiger partial charge is 0.369 e. The summed E-state index contributed by atoms with van der Waals surface area (Å²) >= 11 is 0. The summed E-state index contributed by atoms with van der Waals surface area (Å²) in [5.41, 5.74) is 3.67. The van der Waals surface area contributed by atoms with Crippen molar-refractivity contribution >= 4 is 5.91 Å². The van der Waals surface area contributed by atoms with Crippen molar-refractivity contribution in [3.05, 3.63) is 17.0 Å². The molecule has 0 saturated heterocycles. The summed E-state index contributed by atoms with van der Waals surface area (Å²) < 4.78 is 7.19. The molecule has 1 aliphatic carbocycles. The van der Waals surface area contributed by atoms with Gasteiger partial charge in [-0.2, -0.15) is 5.10 Å². The Morgan fingerprint density at radius 3 is 2.95 bits per heavy atom. The summed E-state index contributed by atoms with van der Waals surface area (Å²) in [6.45, 7) is 4.75. The van der Waals surface area contributed by atoms with E-state index >= 15 is 0 Å². The SMILES string of the molecule is CCO[C@@H](C)C(=O)NCc1c2c(nn1C)CCCC2. The molecule has 5 nitrogen and oxygen atoms in total. The van der Waals surface area contributed by atoms with Crippen LogP contribution < -0.4 is 5.32 Å². The summed E-state index contributed by atoms with van der Waals surface area (Å²) in [5, 5.41) is 7.48. The van der Waals surface area contributed by atoms with Crippen LogP contribution in [0.25, 0.3) is 0 Å². The Morgan fingerprint density at radius 1 is 1.47 bits per heavy atom. The molecule has 0 fully saturated rings. The van der Waals surface area contributed by atoms with Crippen LogP contribution in [0.2, 0.25) is 0 Å². The van der Waals surface area contributed by atoms with Gasteiger partial charge in [-0.05, 0) is 45.1 Å². The van der Waals surface area contributed by atoms with Crippen molar-refractivity contribution in [2.45, 2.75) is 52.2 Å². The fourth-order valence-corrected chi connectivity index (χ4v) is 2.61. The Labute approximate surface area is 114 Å². The molecule has 0 radical (unpaired) electrons. The molecule has 1 heterocycles. The molecule has 1 N–H and O–H groups in total. The van der Waals surface area contributed by atoms with Crippen molar-refractivity contribution in [3.63, 3.8) is 0 Å². The molecule has 1 atom stereocenters. The van der Waals surface area contributed by atoms with Crippen LogP contribution in [0.5, 0.6) is 0 Å². The van der Waals surface area contributed by atoms with E-state index in [1.54, 1.807) is 6.92 Å². The van der Waals surface area contributed by atoms with Gasteiger partial charge in [0.25, 0.3) is 0 Å². The Hall–Kier alpha value is -1.36. The second kappa shape index (κ2) is 6.19. The maximum absolute atomic E-state index is 11.8. The zero-order valence-corrected chi connectivity index (χ0v) is 12.0. The smallest absolute Gasteiger partial charge is 0.249 e. The van der Waals surface area contributed by atoms with Crippen LogP contribution in [0.3, 0.4) is 0 Å². The molecule has 0 aromatic carbocycles. The van der Waals surface area contributed by atoms with Crippen molar-refractivity contribution in [2.75, 3.05) is 6.61 Å². The number of nitrogens with zero attached hydrogens (tertiary/aromatic N) is 2. The van der Waals surface area contributed by atoms with Crippen molar-refractivity contribution in [3.8, 4) is 0 Å². The van der Waals surface area contributed by atoms with E-state index in [2.05, 4.69) is 10.4 Å². The van der Waals surface area contributed by atoms with E-state index in [9.17, 15) is 4.79 Å². The Kier molecular flexibility index (Phi) is 4.58. The van der Waals surface area contributed by atoms with Gasteiger partial charge in [-0.3, -0.25) is 9.48 Å². The van der Waals surface area contributed by atoms with Gasteiger partial charge in [0.05, 0.1) is 17.9 Å². The van der Waals surface area contributed by atoms with Crippen molar-refractivity contribution in [1.29, 1.82) is 0 Å². The zero-order chi connectivity index (χ0) is 13.8.